The van der Waals surface area contributed by atoms with Crippen LogP contribution in [0.4, 0.5) is 0 Å². The van der Waals surface area contributed by atoms with Gasteiger partial charge in [-0.15, -0.1) is 0 Å². The molecule has 2 N–H and O–H groups in total. The third-order valence-electron chi connectivity index (χ3n) is 9.46. The van der Waals surface area contributed by atoms with E-state index in [1.807, 2.05) is 24.4 Å². The van der Waals surface area contributed by atoms with Gasteiger partial charge in [0.05, 0.1) is 5.60 Å². The molecule has 0 spiro atoms. The zero-order valence-electron chi connectivity index (χ0n) is 19.6. The summed E-state index contributed by atoms with van der Waals surface area (Å²) < 4.78 is 0. The van der Waals surface area contributed by atoms with E-state index >= 15 is 0 Å². The second-order valence-electron chi connectivity index (χ2n) is 11.0. The van der Waals surface area contributed by atoms with Gasteiger partial charge in [0.1, 0.15) is 5.75 Å². The quantitative estimate of drug-likeness (QED) is 0.734. The van der Waals surface area contributed by atoms with Gasteiger partial charge in [-0.05, 0) is 92.9 Å². The highest BCUT2D eigenvalue weighted by molar-refractivity contribution is 5.48. The fourth-order valence-electron chi connectivity index (χ4n) is 7.33. The fourth-order valence-corrected chi connectivity index (χ4v) is 7.33. The van der Waals surface area contributed by atoms with Crippen molar-refractivity contribution < 1.29 is 10.2 Å². The lowest BCUT2D eigenvalue weighted by Crippen LogP contribution is -2.71. The molecule has 1 aromatic carbocycles. The summed E-state index contributed by atoms with van der Waals surface area (Å²) in [6.07, 6.45) is 10.5. The van der Waals surface area contributed by atoms with Crippen molar-refractivity contribution in [2.45, 2.75) is 68.4 Å². The largest absolute Gasteiger partial charge is 0.508 e. The number of fused-ring (bicyclic) bond motifs is 1. The summed E-state index contributed by atoms with van der Waals surface area (Å²) in [5.41, 5.74) is 2.69. The summed E-state index contributed by atoms with van der Waals surface area (Å²) in [6, 6.07) is 12.2. The zero-order valence-corrected chi connectivity index (χ0v) is 19.6. The first-order valence-corrected chi connectivity index (χ1v) is 13.0. The van der Waals surface area contributed by atoms with Crippen molar-refractivity contribution in [1.82, 2.24) is 14.8 Å². The van der Waals surface area contributed by atoms with Gasteiger partial charge in [0.25, 0.3) is 0 Å². The molecule has 5 heteroatoms. The minimum atomic E-state index is -0.741. The molecular weight excluding hydrogens is 410 g/mol. The van der Waals surface area contributed by atoms with E-state index < -0.39 is 5.60 Å². The van der Waals surface area contributed by atoms with Gasteiger partial charge < -0.3 is 15.1 Å². The maximum Gasteiger partial charge on any atom is 0.115 e. The molecule has 33 heavy (non-hydrogen) atoms. The third kappa shape index (κ3) is 3.60. The Morgan fingerprint density at radius 3 is 2.67 bits per heavy atom. The first kappa shape index (κ1) is 21.6. The molecule has 6 rings (SSSR count). The molecule has 176 valence electrons. The first-order valence-electron chi connectivity index (χ1n) is 13.0. The number of likely N-dealkylation sites (tertiary alicyclic amines) is 2. The van der Waals surface area contributed by atoms with E-state index in [0.717, 1.165) is 76.4 Å². The van der Waals surface area contributed by atoms with Crippen LogP contribution in [0.3, 0.4) is 0 Å². The number of piperidine rings is 1. The second kappa shape index (κ2) is 8.37. The molecule has 1 saturated carbocycles. The van der Waals surface area contributed by atoms with Crippen LogP contribution in [0.5, 0.6) is 5.75 Å². The molecule has 0 amide bonds. The fraction of sp³-hybridized carbons (Fsp3) is 0.607. The second-order valence-corrected chi connectivity index (χ2v) is 11.0. The van der Waals surface area contributed by atoms with Crippen LogP contribution in [-0.2, 0) is 18.3 Å². The predicted octanol–water partition coefficient (Wildman–Crippen LogP) is 3.53. The van der Waals surface area contributed by atoms with Crippen LogP contribution in [0.25, 0.3) is 0 Å². The lowest BCUT2D eigenvalue weighted by atomic mass is 9.52. The number of phenolic OH excluding ortho intramolecular Hbond substituents is 1. The summed E-state index contributed by atoms with van der Waals surface area (Å²) in [5, 5.41) is 23.0. The number of aromatic hydroxyl groups is 1. The average Bonchev–Trinajstić information content (AvgIpc) is 2.95. The Morgan fingerprint density at radius 2 is 1.88 bits per heavy atom. The molecular formula is C28H37N3O2. The molecule has 2 saturated heterocycles. The summed E-state index contributed by atoms with van der Waals surface area (Å²) in [6.45, 7) is 5.09. The van der Waals surface area contributed by atoms with Gasteiger partial charge in [-0.25, -0.2) is 0 Å². The molecule has 3 heterocycles. The topological polar surface area (TPSA) is 59.8 Å². The number of benzene rings is 1. The molecule has 5 nitrogen and oxygen atoms in total. The number of hydrogen-bond donors (Lipinski definition) is 2. The van der Waals surface area contributed by atoms with E-state index in [1.54, 1.807) is 0 Å². The molecule has 2 bridgehead atoms. The lowest BCUT2D eigenvalue weighted by Gasteiger charge is -2.62. The predicted molar refractivity (Wildman–Crippen MR) is 129 cm³/mol. The smallest absolute Gasteiger partial charge is 0.115 e. The summed E-state index contributed by atoms with van der Waals surface area (Å²) in [5.74, 6) is 1.14. The summed E-state index contributed by atoms with van der Waals surface area (Å²) in [7, 11) is 0. The van der Waals surface area contributed by atoms with Crippen molar-refractivity contribution in [3.05, 3.63) is 59.4 Å². The van der Waals surface area contributed by atoms with E-state index in [4.69, 9.17) is 0 Å². The van der Waals surface area contributed by atoms with E-state index in [0.29, 0.717) is 5.75 Å². The molecule has 0 unspecified atom stereocenters. The van der Waals surface area contributed by atoms with Crippen molar-refractivity contribution in [1.29, 1.82) is 0 Å². The molecule has 2 aliphatic carbocycles. The molecule has 4 aliphatic rings. The van der Waals surface area contributed by atoms with Gasteiger partial charge in [-0.1, -0.05) is 18.6 Å². The van der Waals surface area contributed by atoms with Crippen LogP contribution >= 0.6 is 0 Å². The van der Waals surface area contributed by atoms with Crippen LogP contribution in [0.2, 0.25) is 0 Å². The van der Waals surface area contributed by atoms with Crippen LogP contribution in [0.1, 0.15) is 55.3 Å². The van der Waals surface area contributed by atoms with Crippen molar-refractivity contribution >= 4 is 0 Å². The Balaban J connectivity index is 1.30. The Kier molecular flexibility index (Phi) is 5.47. The van der Waals surface area contributed by atoms with Gasteiger partial charge >= 0.3 is 0 Å². The van der Waals surface area contributed by atoms with Gasteiger partial charge in [0.15, 0.2) is 0 Å². The first-order chi connectivity index (χ1) is 16.1. The maximum atomic E-state index is 12.6. The molecule has 1 aromatic heterocycles. The van der Waals surface area contributed by atoms with E-state index in [2.05, 4.69) is 33.0 Å². The van der Waals surface area contributed by atoms with Gasteiger partial charge in [0, 0.05) is 49.4 Å². The van der Waals surface area contributed by atoms with Crippen LogP contribution in [0, 0.1) is 5.92 Å². The number of aromatic nitrogens is 1. The summed E-state index contributed by atoms with van der Waals surface area (Å²) >= 11 is 0. The van der Waals surface area contributed by atoms with Crippen LogP contribution in [-0.4, -0.2) is 69.4 Å². The van der Waals surface area contributed by atoms with Crippen molar-refractivity contribution in [3.8, 4) is 5.75 Å². The number of pyridine rings is 1. The standard InChI is InChI=1S/C28H37N3O2/c32-24-8-7-22-18-26-28(33)12-16-30(14-9-23-6-1-2-13-29-23)15-10-27(28,25(22)19-24)11-17-31(26)20-21-4-3-5-21/h1-2,6-8,13,19,21,26,32-33H,3-5,9-12,14-18,20H2/t26-,27+,28-/m1/s1. The molecule has 0 radical (unpaired) electrons. The van der Waals surface area contributed by atoms with Crippen LogP contribution < -0.4 is 0 Å². The Hall–Kier alpha value is -1.95. The van der Waals surface area contributed by atoms with E-state index in [1.165, 1.54) is 30.4 Å². The van der Waals surface area contributed by atoms with Crippen molar-refractivity contribution in [3.63, 3.8) is 0 Å². The normalized spacial score (nSPS) is 32.5. The van der Waals surface area contributed by atoms with Gasteiger partial charge in [-0.3, -0.25) is 9.88 Å². The van der Waals surface area contributed by atoms with Crippen molar-refractivity contribution in [2.24, 2.45) is 5.92 Å². The number of rotatable bonds is 5. The molecule has 2 aliphatic heterocycles. The number of phenols is 1. The van der Waals surface area contributed by atoms with E-state index in [-0.39, 0.29) is 11.5 Å². The Morgan fingerprint density at radius 1 is 1.03 bits per heavy atom. The number of hydrogen-bond acceptors (Lipinski definition) is 5. The van der Waals surface area contributed by atoms with Crippen LogP contribution in [0.15, 0.2) is 42.6 Å². The Labute approximate surface area is 197 Å². The average molecular weight is 448 g/mol. The minimum Gasteiger partial charge on any atom is -0.508 e. The van der Waals surface area contributed by atoms with Gasteiger partial charge in [0.2, 0.25) is 0 Å². The van der Waals surface area contributed by atoms with Gasteiger partial charge in [-0.2, -0.15) is 0 Å². The number of nitrogens with zero attached hydrogens (tertiary/aromatic N) is 3. The molecule has 2 aromatic rings. The zero-order chi connectivity index (χ0) is 22.5. The molecule has 3 fully saturated rings. The van der Waals surface area contributed by atoms with E-state index in [9.17, 15) is 10.2 Å². The molecule has 3 atom stereocenters. The van der Waals surface area contributed by atoms with Crippen molar-refractivity contribution in [2.75, 3.05) is 32.7 Å². The maximum absolute atomic E-state index is 12.6. The lowest BCUT2D eigenvalue weighted by molar-refractivity contribution is -0.152. The minimum absolute atomic E-state index is 0.180. The highest BCUT2D eigenvalue weighted by Crippen LogP contribution is 2.56. The highest BCUT2D eigenvalue weighted by atomic mass is 16.3. The monoisotopic (exact) mass is 447 g/mol. The SMILES string of the molecule is Oc1ccc2c(c1)[C@@]13CCN(CCc4ccccn4)CC[C@@]1(O)[C@@H](C2)N(CC1CCC1)CC3. The highest BCUT2D eigenvalue weighted by Gasteiger charge is 2.63. The Bertz CT molecular complexity index is 994. The number of aliphatic hydroxyl groups is 1. The third-order valence-corrected chi connectivity index (χ3v) is 9.46. The summed E-state index contributed by atoms with van der Waals surface area (Å²) in [4.78, 5) is 9.68.